The summed E-state index contributed by atoms with van der Waals surface area (Å²) >= 11 is 0. The third-order valence-electron chi connectivity index (χ3n) is 5.44. The van der Waals surface area contributed by atoms with Crippen molar-refractivity contribution in [1.82, 2.24) is 15.8 Å². The number of aromatic nitrogens is 1. The van der Waals surface area contributed by atoms with Gasteiger partial charge >= 0.3 is 5.97 Å². The third kappa shape index (κ3) is 5.64. The van der Waals surface area contributed by atoms with E-state index in [2.05, 4.69) is 15.8 Å². The molecule has 1 aliphatic heterocycles. The highest BCUT2D eigenvalue weighted by atomic mass is 16.5. The minimum atomic E-state index is -0.873. The topological polar surface area (TPSA) is 92.7 Å². The number of carboxylic acid groups (broad SMARTS) is 1. The van der Waals surface area contributed by atoms with Gasteiger partial charge in [0.25, 0.3) is 0 Å². The molecule has 7 heteroatoms. The number of hydrazine groups is 1. The Morgan fingerprint density at radius 2 is 1.96 bits per heavy atom. The largest absolute Gasteiger partial charge is 0.492 e. The molecule has 1 saturated carbocycles. The average Bonchev–Trinajstić information content (AvgIpc) is 3.17. The maximum absolute atomic E-state index is 11.2. The molecule has 1 aromatic rings. The van der Waals surface area contributed by atoms with E-state index in [-0.39, 0.29) is 6.04 Å². The smallest absolute Gasteiger partial charge is 0.335 e. The number of hydrogen-bond donors (Lipinski definition) is 3. The fraction of sp³-hybridized carbons (Fsp3) is 0.700. The molecular formula is C20H31N3O4. The predicted octanol–water partition coefficient (Wildman–Crippen LogP) is 2.97. The van der Waals surface area contributed by atoms with Crippen molar-refractivity contribution >= 4 is 5.97 Å². The van der Waals surface area contributed by atoms with Crippen molar-refractivity contribution in [2.45, 2.75) is 69.4 Å². The lowest BCUT2D eigenvalue weighted by Crippen LogP contribution is -2.47. The van der Waals surface area contributed by atoms with Crippen molar-refractivity contribution in [3.63, 3.8) is 0 Å². The van der Waals surface area contributed by atoms with Crippen LogP contribution in [0.3, 0.4) is 0 Å². The summed E-state index contributed by atoms with van der Waals surface area (Å²) in [5.41, 5.74) is 6.49. The van der Waals surface area contributed by atoms with Crippen LogP contribution in [0.4, 0.5) is 0 Å². The van der Waals surface area contributed by atoms with Gasteiger partial charge in [0.2, 0.25) is 0 Å². The number of aliphatic carboxylic acids is 1. The van der Waals surface area contributed by atoms with Crippen LogP contribution >= 0.6 is 0 Å². The second-order valence-corrected chi connectivity index (χ2v) is 7.45. The molecule has 0 radical (unpaired) electrons. The quantitative estimate of drug-likeness (QED) is 0.482. The minimum Gasteiger partial charge on any atom is -0.492 e. The maximum Gasteiger partial charge on any atom is 0.335 e. The number of carbonyl (C=O) groups is 1. The van der Waals surface area contributed by atoms with Crippen LogP contribution in [0.15, 0.2) is 18.3 Å². The van der Waals surface area contributed by atoms with Gasteiger partial charge in [0.15, 0.2) is 5.60 Å². The van der Waals surface area contributed by atoms with Crippen LogP contribution < -0.4 is 15.6 Å². The summed E-state index contributed by atoms with van der Waals surface area (Å²) in [4.78, 5) is 15.7. The summed E-state index contributed by atoms with van der Waals surface area (Å²) in [7, 11) is 0. The normalized spacial score (nSPS) is 21.0. The number of unbranched alkanes of at least 4 members (excludes halogenated alkanes) is 4. The summed E-state index contributed by atoms with van der Waals surface area (Å²) in [5, 5.41) is 9.20. The van der Waals surface area contributed by atoms with Crippen LogP contribution in [0, 0.1) is 0 Å². The molecule has 0 amide bonds. The summed E-state index contributed by atoms with van der Waals surface area (Å²) in [5.74, 6) is 0.0159. The van der Waals surface area contributed by atoms with Crippen molar-refractivity contribution < 1.29 is 19.4 Å². The molecule has 3 rings (SSSR count). The first-order valence-corrected chi connectivity index (χ1v) is 10.1. The van der Waals surface area contributed by atoms with Gasteiger partial charge in [-0.2, -0.15) is 0 Å². The second kappa shape index (κ2) is 10.0. The molecule has 1 saturated heterocycles. The Bertz CT molecular complexity index is 583. The van der Waals surface area contributed by atoms with E-state index in [4.69, 9.17) is 9.47 Å². The Kier molecular flexibility index (Phi) is 7.43. The van der Waals surface area contributed by atoms with E-state index in [9.17, 15) is 9.90 Å². The summed E-state index contributed by atoms with van der Waals surface area (Å²) in [6.45, 7) is 2.21. The van der Waals surface area contributed by atoms with Crippen molar-refractivity contribution in [3.8, 4) is 5.75 Å². The fourth-order valence-electron chi connectivity index (χ4n) is 3.50. The molecule has 150 valence electrons. The molecule has 0 spiro atoms. The molecule has 2 aliphatic rings. The van der Waals surface area contributed by atoms with Crippen molar-refractivity contribution in [1.29, 1.82) is 0 Å². The van der Waals surface area contributed by atoms with Crippen molar-refractivity contribution in [2.75, 3.05) is 19.8 Å². The third-order valence-corrected chi connectivity index (χ3v) is 5.44. The van der Waals surface area contributed by atoms with E-state index in [1.165, 1.54) is 0 Å². The van der Waals surface area contributed by atoms with Crippen LogP contribution in [0.5, 0.6) is 5.75 Å². The molecule has 0 bridgehead atoms. The second-order valence-electron chi connectivity index (χ2n) is 7.45. The van der Waals surface area contributed by atoms with E-state index in [0.717, 1.165) is 62.9 Å². The molecule has 3 N–H and O–H groups in total. The van der Waals surface area contributed by atoms with Gasteiger partial charge in [0.05, 0.1) is 24.5 Å². The molecule has 2 heterocycles. The molecule has 1 aliphatic carbocycles. The SMILES string of the molecule is O=C(O)C1(OCCCCCCCOc2ccc(C3CCNN3)nc2)CCC1. The first kappa shape index (κ1) is 20.0. The Hall–Kier alpha value is -1.70. The lowest BCUT2D eigenvalue weighted by atomic mass is 9.80. The number of nitrogens with one attached hydrogen (secondary N) is 2. The summed E-state index contributed by atoms with van der Waals surface area (Å²) < 4.78 is 11.4. The zero-order chi connectivity index (χ0) is 19.0. The van der Waals surface area contributed by atoms with Crippen LogP contribution in [0.2, 0.25) is 0 Å². The fourth-order valence-corrected chi connectivity index (χ4v) is 3.50. The van der Waals surface area contributed by atoms with Crippen LogP contribution in [-0.4, -0.2) is 41.4 Å². The van der Waals surface area contributed by atoms with Gasteiger partial charge < -0.3 is 14.6 Å². The predicted molar refractivity (Wildman–Crippen MR) is 101 cm³/mol. The minimum absolute atomic E-state index is 0.290. The van der Waals surface area contributed by atoms with E-state index in [1.54, 1.807) is 6.20 Å². The van der Waals surface area contributed by atoms with Crippen molar-refractivity contribution in [3.05, 3.63) is 24.0 Å². The van der Waals surface area contributed by atoms with Gasteiger partial charge in [-0.25, -0.2) is 10.2 Å². The number of pyridine rings is 1. The zero-order valence-electron chi connectivity index (χ0n) is 15.9. The van der Waals surface area contributed by atoms with Crippen LogP contribution in [-0.2, 0) is 9.53 Å². The van der Waals surface area contributed by atoms with Crippen LogP contribution in [0.1, 0.15) is 69.5 Å². The monoisotopic (exact) mass is 377 g/mol. The molecule has 1 unspecified atom stereocenters. The lowest BCUT2D eigenvalue weighted by Gasteiger charge is -2.37. The highest BCUT2D eigenvalue weighted by Crippen LogP contribution is 2.36. The number of hydrogen-bond acceptors (Lipinski definition) is 6. The number of rotatable bonds is 12. The summed E-state index contributed by atoms with van der Waals surface area (Å²) in [6.07, 6.45) is 10.3. The Labute approximate surface area is 160 Å². The van der Waals surface area contributed by atoms with Gasteiger partial charge in [-0.1, -0.05) is 19.3 Å². The molecule has 1 aromatic heterocycles. The highest BCUT2D eigenvalue weighted by molar-refractivity contribution is 5.78. The Morgan fingerprint density at radius 3 is 2.56 bits per heavy atom. The molecule has 1 atom stereocenters. The zero-order valence-corrected chi connectivity index (χ0v) is 15.9. The van der Waals surface area contributed by atoms with Crippen LogP contribution in [0.25, 0.3) is 0 Å². The first-order chi connectivity index (χ1) is 13.2. The van der Waals surface area contributed by atoms with E-state index >= 15 is 0 Å². The van der Waals surface area contributed by atoms with Gasteiger partial charge in [-0.15, -0.1) is 0 Å². The standard InChI is InChI=1S/C20H31N3O4/c24-19(25)20(10-6-11-20)27-14-5-3-1-2-4-13-26-16-7-8-17(21-15-16)18-9-12-22-23-18/h7-8,15,18,22-23H,1-6,9-14H2,(H,24,25). The number of ether oxygens (including phenoxy) is 2. The Balaban J connectivity index is 1.19. The van der Waals surface area contributed by atoms with Gasteiger partial charge in [-0.3, -0.25) is 10.4 Å². The van der Waals surface area contributed by atoms with E-state index < -0.39 is 11.6 Å². The number of carboxylic acids is 1. The Morgan fingerprint density at radius 1 is 1.19 bits per heavy atom. The van der Waals surface area contributed by atoms with Gasteiger partial charge in [-0.05, 0) is 50.7 Å². The van der Waals surface area contributed by atoms with E-state index in [1.807, 2.05) is 12.1 Å². The summed E-state index contributed by atoms with van der Waals surface area (Å²) in [6, 6.07) is 4.29. The molecule has 7 nitrogen and oxygen atoms in total. The molecule has 2 fully saturated rings. The first-order valence-electron chi connectivity index (χ1n) is 10.1. The van der Waals surface area contributed by atoms with Gasteiger partial charge in [0.1, 0.15) is 5.75 Å². The average molecular weight is 377 g/mol. The highest BCUT2D eigenvalue weighted by Gasteiger charge is 2.45. The van der Waals surface area contributed by atoms with E-state index in [0.29, 0.717) is 26.1 Å². The maximum atomic E-state index is 11.2. The lowest BCUT2D eigenvalue weighted by molar-refractivity contribution is -0.179. The van der Waals surface area contributed by atoms with Crippen molar-refractivity contribution in [2.24, 2.45) is 0 Å². The number of nitrogens with zero attached hydrogens (tertiary/aromatic N) is 1. The molecule has 27 heavy (non-hydrogen) atoms. The molecule has 0 aromatic carbocycles. The van der Waals surface area contributed by atoms with Gasteiger partial charge in [0, 0.05) is 13.2 Å². The molecular weight excluding hydrogens is 346 g/mol.